The van der Waals surface area contributed by atoms with E-state index in [1.54, 1.807) is 35.0 Å². The van der Waals surface area contributed by atoms with Crippen molar-refractivity contribution in [3.63, 3.8) is 0 Å². The molecule has 2 aliphatic rings. The molecule has 5 rings (SSSR count). The molecule has 2 fully saturated rings. The van der Waals surface area contributed by atoms with E-state index in [2.05, 4.69) is 29.2 Å². The van der Waals surface area contributed by atoms with E-state index in [-0.39, 0.29) is 5.91 Å². The second-order valence-corrected chi connectivity index (χ2v) is 12.1. The Balaban J connectivity index is 1.28. The average molecular weight is 526 g/mol. The standard InChI is InChI=1S/C26H24ClN3OS3/c1-29-25(31)23(17-22-13-14-24(33-22)32-21-11-5-18(27)6-12-21)34-26(29)28-19-7-9-20(10-8-19)30-15-3-2-4-16-30/h5-14,17H,2-4,15-16H2,1H3/b23-17-,28-26?. The summed E-state index contributed by atoms with van der Waals surface area (Å²) < 4.78 is 1.17. The van der Waals surface area contributed by atoms with Crippen LogP contribution in [0.2, 0.25) is 5.02 Å². The zero-order valence-electron chi connectivity index (χ0n) is 18.7. The van der Waals surface area contributed by atoms with Crippen LogP contribution in [0.1, 0.15) is 24.1 Å². The summed E-state index contributed by atoms with van der Waals surface area (Å²) in [7, 11) is 1.79. The van der Waals surface area contributed by atoms with E-state index in [4.69, 9.17) is 16.6 Å². The van der Waals surface area contributed by atoms with Gasteiger partial charge in [-0.05, 0) is 97.8 Å². The van der Waals surface area contributed by atoms with Gasteiger partial charge in [0.2, 0.25) is 0 Å². The van der Waals surface area contributed by atoms with Gasteiger partial charge in [-0.2, -0.15) is 0 Å². The molecule has 8 heteroatoms. The Morgan fingerprint density at radius 3 is 2.44 bits per heavy atom. The lowest BCUT2D eigenvalue weighted by molar-refractivity contribution is -0.121. The Bertz CT molecular complexity index is 1230. The van der Waals surface area contributed by atoms with Crippen molar-refractivity contribution in [1.29, 1.82) is 0 Å². The van der Waals surface area contributed by atoms with Gasteiger partial charge in [0.05, 0.1) is 14.8 Å². The lowest BCUT2D eigenvalue weighted by Crippen LogP contribution is -2.29. The molecule has 0 aliphatic carbocycles. The van der Waals surface area contributed by atoms with Crippen LogP contribution in [0.5, 0.6) is 0 Å². The molecule has 0 spiro atoms. The molecule has 3 aromatic rings. The number of carbonyl (C=O) groups excluding carboxylic acids is 1. The number of likely N-dealkylation sites (N-methyl/N-ethyl adjacent to an activating group) is 1. The number of thioether (sulfide) groups is 1. The maximum Gasteiger partial charge on any atom is 0.266 e. The Morgan fingerprint density at radius 1 is 0.971 bits per heavy atom. The van der Waals surface area contributed by atoms with Gasteiger partial charge in [-0.3, -0.25) is 9.69 Å². The molecule has 0 bridgehead atoms. The maximum absolute atomic E-state index is 12.8. The van der Waals surface area contributed by atoms with E-state index in [0.717, 1.165) is 33.6 Å². The zero-order valence-corrected chi connectivity index (χ0v) is 21.9. The number of piperidine rings is 1. The minimum absolute atomic E-state index is 0.0195. The van der Waals surface area contributed by atoms with Gasteiger partial charge in [-0.25, -0.2) is 4.99 Å². The van der Waals surface area contributed by atoms with Crippen molar-refractivity contribution in [1.82, 2.24) is 4.90 Å². The number of benzene rings is 2. The van der Waals surface area contributed by atoms with Crippen LogP contribution >= 0.6 is 46.5 Å². The minimum atomic E-state index is -0.0195. The van der Waals surface area contributed by atoms with Gasteiger partial charge in [0.1, 0.15) is 0 Å². The van der Waals surface area contributed by atoms with E-state index in [0.29, 0.717) is 10.1 Å². The molecular weight excluding hydrogens is 502 g/mol. The molecule has 3 heterocycles. The third kappa shape index (κ3) is 5.54. The highest BCUT2D eigenvalue weighted by Gasteiger charge is 2.30. The van der Waals surface area contributed by atoms with Gasteiger partial charge in [-0.15, -0.1) is 11.3 Å². The molecule has 0 atom stereocenters. The Hall–Kier alpha value is -2.19. The van der Waals surface area contributed by atoms with Crippen molar-refractivity contribution in [3.8, 4) is 0 Å². The summed E-state index contributed by atoms with van der Waals surface area (Å²) in [5.41, 5.74) is 2.11. The number of nitrogens with zero attached hydrogens (tertiary/aromatic N) is 3. The predicted molar refractivity (Wildman–Crippen MR) is 148 cm³/mol. The number of anilines is 1. The molecule has 2 aliphatic heterocycles. The van der Waals surface area contributed by atoms with E-state index in [1.807, 2.05) is 42.5 Å². The zero-order chi connectivity index (χ0) is 23.5. The highest BCUT2D eigenvalue weighted by atomic mass is 35.5. The van der Waals surface area contributed by atoms with Crippen molar-refractivity contribution in [3.05, 3.63) is 75.5 Å². The summed E-state index contributed by atoms with van der Waals surface area (Å²) >= 11 is 10.8. The summed E-state index contributed by atoms with van der Waals surface area (Å²) in [5, 5.41) is 1.44. The van der Waals surface area contributed by atoms with Gasteiger partial charge in [0, 0.05) is 40.6 Å². The molecule has 174 valence electrons. The number of hydrogen-bond donors (Lipinski definition) is 0. The predicted octanol–water partition coefficient (Wildman–Crippen LogP) is 7.78. The second kappa shape index (κ2) is 10.6. The molecule has 0 unspecified atom stereocenters. The molecule has 4 nitrogen and oxygen atoms in total. The van der Waals surface area contributed by atoms with Crippen LogP contribution in [0, 0.1) is 0 Å². The molecule has 1 amide bonds. The molecule has 34 heavy (non-hydrogen) atoms. The topological polar surface area (TPSA) is 35.9 Å². The largest absolute Gasteiger partial charge is 0.372 e. The molecule has 0 saturated carbocycles. The fourth-order valence-electron chi connectivity index (χ4n) is 3.87. The number of thiophene rings is 1. The van der Waals surface area contributed by atoms with E-state index in [9.17, 15) is 4.79 Å². The van der Waals surface area contributed by atoms with Crippen LogP contribution in [0.15, 0.2) is 79.7 Å². The van der Waals surface area contributed by atoms with Crippen molar-refractivity contribution in [2.75, 3.05) is 25.0 Å². The molecular formula is C26H24ClN3OS3. The van der Waals surface area contributed by atoms with E-state index in [1.165, 1.54) is 40.9 Å². The maximum atomic E-state index is 12.8. The lowest BCUT2D eigenvalue weighted by Gasteiger charge is -2.28. The van der Waals surface area contributed by atoms with Gasteiger partial charge in [0.25, 0.3) is 5.91 Å². The number of aliphatic imine (C=N–C) groups is 1. The van der Waals surface area contributed by atoms with Crippen LogP contribution in [0.3, 0.4) is 0 Å². The Labute approximate surface area is 217 Å². The van der Waals surface area contributed by atoms with Crippen LogP contribution in [-0.4, -0.2) is 36.1 Å². The highest BCUT2D eigenvalue weighted by molar-refractivity contribution is 8.18. The number of halogens is 1. The van der Waals surface area contributed by atoms with Crippen molar-refractivity contribution < 1.29 is 4.79 Å². The van der Waals surface area contributed by atoms with Crippen molar-refractivity contribution in [2.45, 2.75) is 28.4 Å². The van der Waals surface area contributed by atoms with E-state index < -0.39 is 0 Å². The molecule has 0 radical (unpaired) electrons. The quantitative estimate of drug-likeness (QED) is 0.319. The summed E-state index contributed by atoms with van der Waals surface area (Å²) in [6, 6.07) is 20.3. The molecule has 0 N–H and O–H groups in total. The first-order chi connectivity index (χ1) is 16.5. The normalized spacial score (nSPS) is 18.9. The molecule has 2 aromatic carbocycles. The SMILES string of the molecule is CN1C(=O)/C(=C/c2ccc(Sc3ccc(Cl)cc3)s2)SC1=Nc1ccc(N2CCCCC2)cc1. The average Bonchev–Trinajstić information content (AvgIpc) is 3.41. The number of amidine groups is 1. The summed E-state index contributed by atoms with van der Waals surface area (Å²) in [6.07, 6.45) is 5.80. The van der Waals surface area contributed by atoms with Gasteiger partial charge in [0.15, 0.2) is 5.17 Å². The monoisotopic (exact) mass is 525 g/mol. The smallest absolute Gasteiger partial charge is 0.266 e. The van der Waals surface area contributed by atoms with Crippen LogP contribution < -0.4 is 4.90 Å². The highest BCUT2D eigenvalue weighted by Crippen LogP contribution is 2.38. The summed E-state index contributed by atoms with van der Waals surface area (Å²) in [6.45, 7) is 2.25. The number of amides is 1. The van der Waals surface area contributed by atoms with Crippen molar-refractivity contribution in [2.24, 2.45) is 4.99 Å². The van der Waals surface area contributed by atoms with Gasteiger partial charge < -0.3 is 4.90 Å². The summed E-state index contributed by atoms with van der Waals surface area (Å²) in [4.78, 5) is 24.5. The number of carbonyl (C=O) groups is 1. The Kier molecular flexibility index (Phi) is 7.34. The Morgan fingerprint density at radius 2 is 1.71 bits per heavy atom. The number of rotatable bonds is 5. The fourth-order valence-corrected chi connectivity index (χ4v) is 7.11. The third-order valence-corrected chi connectivity index (χ3v) is 9.19. The molecule has 1 aromatic heterocycles. The third-order valence-electron chi connectivity index (χ3n) is 5.71. The fraction of sp³-hybridized carbons (Fsp3) is 0.231. The van der Waals surface area contributed by atoms with Crippen molar-refractivity contribution >= 4 is 75.0 Å². The van der Waals surface area contributed by atoms with Gasteiger partial charge >= 0.3 is 0 Å². The van der Waals surface area contributed by atoms with Crippen LogP contribution in [0.25, 0.3) is 6.08 Å². The van der Waals surface area contributed by atoms with Crippen LogP contribution in [0.4, 0.5) is 11.4 Å². The van der Waals surface area contributed by atoms with E-state index >= 15 is 0 Å². The first-order valence-electron chi connectivity index (χ1n) is 11.2. The van der Waals surface area contributed by atoms with Crippen LogP contribution in [-0.2, 0) is 4.79 Å². The summed E-state index contributed by atoms with van der Waals surface area (Å²) in [5.74, 6) is -0.0195. The lowest BCUT2D eigenvalue weighted by atomic mass is 10.1. The molecule has 2 saturated heterocycles. The second-order valence-electron chi connectivity index (χ2n) is 8.15. The first-order valence-corrected chi connectivity index (χ1v) is 14.0. The van der Waals surface area contributed by atoms with Gasteiger partial charge in [-0.1, -0.05) is 23.4 Å². The minimum Gasteiger partial charge on any atom is -0.372 e. The first kappa shape index (κ1) is 23.5. The number of hydrogen-bond acceptors (Lipinski definition) is 6.